The Morgan fingerprint density at radius 2 is 2.16 bits per heavy atom. The third-order valence-electron chi connectivity index (χ3n) is 3.34. The van der Waals surface area contributed by atoms with Gasteiger partial charge in [-0.1, -0.05) is 23.7 Å². The molecule has 0 bridgehead atoms. The summed E-state index contributed by atoms with van der Waals surface area (Å²) in [6.07, 6.45) is 2.86. The fourth-order valence-corrected chi connectivity index (χ4v) is 2.50. The molecule has 0 saturated carbocycles. The Bertz CT molecular complexity index is 948. The lowest BCUT2D eigenvalue weighted by atomic mass is 10.2. The Hall–Kier alpha value is -3.20. The van der Waals surface area contributed by atoms with E-state index < -0.39 is 10.8 Å². The lowest BCUT2D eigenvalue weighted by Crippen LogP contribution is -2.15. The Balaban J connectivity index is 1.73. The summed E-state index contributed by atoms with van der Waals surface area (Å²) in [6, 6.07) is 8.93. The van der Waals surface area contributed by atoms with Crippen LogP contribution in [0, 0.1) is 10.1 Å². The van der Waals surface area contributed by atoms with Crippen LogP contribution in [-0.2, 0) is 13.6 Å². The molecule has 25 heavy (non-hydrogen) atoms. The van der Waals surface area contributed by atoms with Crippen molar-refractivity contribution in [1.29, 1.82) is 0 Å². The first-order valence-electron chi connectivity index (χ1n) is 7.19. The molecule has 1 N–H and O–H groups in total. The quantitative estimate of drug-likeness (QED) is 0.555. The van der Waals surface area contributed by atoms with E-state index in [0.717, 1.165) is 5.56 Å². The molecule has 10 heteroatoms. The van der Waals surface area contributed by atoms with Gasteiger partial charge in [0.15, 0.2) is 5.82 Å². The fourth-order valence-electron chi connectivity index (χ4n) is 2.29. The zero-order valence-electron chi connectivity index (χ0n) is 13.1. The van der Waals surface area contributed by atoms with Gasteiger partial charge in [-0.25, -0.2) is 0 Å². The number of anilines is 1. The van der Waals surface area contributed by atoms with E-state index in [9.17, 15) is 14.9 Å². The number of carbonyl (C=O) groups is 1. The molecule has 128 valence electrons. The predicted octanol–water partition coefficient (Wildman–Crippen LogP) is 2.48. The van der Waals surface area contributed by atoms with Crippen molar-refractivity contribution in [2.75, 3.05) is 5.32 Å². The van der Waals surface area contributed by atoms with Gasteiger partial charge in [-0.05, 0) is 17.7 Å². The number of benzene rings is 1. The zero-order valence-corrected chi connectivity index (χ0v) is 13.8. The van der Waals surface area contributed by atoms with Gasteiger partial charge < -0.3 is 5.32 Å². The lowest BCUT2D eigenvalue weighted by Gasteiger charge is -2.02. The number of rotatable bonds is 5. The van der Waals surface area contributed by atoms with Crippen molar-refractivity contribution in [2.24, 2.45) is 7.05 Å². The topological polar surface area (TPSA) is 108 Å². The predicted molar refractivity (Wildman–Crippen MR) is 90.6 cm³/mol. The second-order valence-corrected chi connectivity index (χ2v) is 5.71. The minimum atomic E-state index is -0.694. The number of halogens is 1. The summed E-state index contributed by atoms with van der Waals surface area (Å²) in [7, 11) is 1.50. The molecule has 3 rings (SSSR count). The summed E-state index contributed by atoms with van der Waals surface area (Å²) in [5, 5.41) is 22.1. The largest absolute Gasteiger partial charge is 0.320 e. The van der Waals surface area contributed by atoms with Crippen LogP contribution in [0.15, 0.2) is 42.7 Å². The number of amides is 1. The summed E-state index contributed by atoms with van der Waals surface area (Å²) >= 11 is 5.94. The van der Waals surface area contributed by atoms with Crippen LogP contribution in [0.5, 0.6) is 0 Å². The molecule has 1 amide bonds. The van der Waals surface area contributed by atoms with Crippen molar-refractivity contribution in [2.45, 2.75) is 6.54 Å². The maximum atomic E-state index is 12.2. The molecular formula is C15H13ClN6O3. The Morgan fingerprint density at radius 3 is 2.88 bits per heavy atom. The van der Waals surface area contributed by atoms with E-state index in [1.54, 1.807) is 23.0 Å². The molecule has 0 aliphatic heterocycles. The highest BCUT2D eigenvalue weighted by Gasteiger charge is 2.25. The van der Waals surface area contributed by atoms with E-state index in [0.29, 0.717) is 11.6 Å². The molecule has 9 nitrogen and oxygen atoms in total. The monoisotopic (exact) mass is 360 g/mol. The number of carbonyl (C=O) groups excluding carboxylic acids is 1. The highest BCUT2D eigenvalue weighted by molar-refractivity contribution is 6.30. The van der Waals surface area contributed by atoms with Gasteiger partial charge in [-0.2, -0.15) is 10.2 Å². The second-order valence-electron chi connectivity index (χ2n) is 5.28. The van der Waals surface area contributed by atoms with Gasteiger partial charge in [0.05, 0.1) is 11.5 Å². The Kier molecular flexibility index (Phi) is 4.48. The van der Waals surface area contributed by atoms with Crippen molar-refractivity contribution in [3.8, 4) is 0 Å². The zero-order chi connectivity index (χ0) is 18.0. The minimum absolute atomic E-state index is 0.267. The lowest BCUT2D eigenvalue weighted by molar-refractivity contribution is -0.385. The number of aryl methyl sites for hydroxylation is 1. The molecule has 0 aliphatic rings. The van der Waals surface area contributed by atoms with Crippen LogP contribution in [0.3, 0.4) is 0 Å². The first-order valence-corrected chi connectivity index (χ1v) is 7.57. The summed E-state index contributed by atoms with van der Waals surface area (Å²) in [6.45, 7) is 0.472. The normalized spacial score (nSPS) is 10.6. The third-order valence-corrected chi connectivity index (χ3v) is 3.57. The van der Waals surface area contributed by atoms with Crippen LogP contribution in [0.4, 0.5) is 11.5 Å². The van der Waals surface area contributed by atoms with Crippen LogP contribution in [0.25, 0.3) is 0 Å². The molecule has 3 aromatic rings. The number of aromatic nitrogens is 4. The van der Waals surface area contributed by atoms with Crippen LogP contribution < -0.4 is 5.32 Å². The van der Waals surface area contributed by atoms with Crippen molar-refractivity contribution in [1.82, 2.24) is 19.6 Å². The standard InChI is InChI=1S/C15H13ClN6O3/c1-20-9-12(22(24)25)14(19-20)15(23)17-13-5-6-21(18-13)8-10-3-2-4-11(16)7-10/h2-7,9H,8H2,1H3,(H,17,18,23). The molecule has 2 heterocycles. The van der Waals surface area contributed by atoms with Gasteiger partial charge in [0.25, 0.3) is 5.91 Å². The van der Waals surface area contributed by atoms with Crippen molar-refractivity contribution in [3.05, 3.63) is 69.1 Å². The number of nitrogens with zero attached hydrogens (tertiary/aromatic N) is 5. The van der Waals surface area contributed by atoms with Crippen molar-refractivity contribution >= 4 is 29.0 Å². The summed E-state index contributed by atoms with van der Waals surface area (Å²) in [5.41, 5.74) is 0.323. The van der Waals surface area contributed by atoms with E-state index in [4.69, 9.17) is 11.6 Å². The van der Waals surface area contributed by atoms with Crippen LogP contribution in [0.2, 0.25) is 5.02 Å². The maximum Gasteiger partial charge on any atom is 0.320 e. The molecule has 0 saturated heterocycles. The van der Waals surface area contributed by atoms with Gasteiger partial charge in [0, 0.05) is 24.3 Å². The van der Waals surface area contributed by atoms with Gasteiger partial charge in [-0.15, -0.1) is 0 Å². The van der Waals surface area contributed by atoms with E-state index in [2.05, 4.69) is 15.5 Å². The molecule has 0 radical (unpaired) electrons. The number of nitrogens with one attached hydrogen (secondary N) is 1. The maximum absolute atomic E-state index is 12.2. The first-order chi connectivity index (χ1) is 11.9. The Morgan fingerprint density at radius 1 is 1.36 bits per heavy atom. The Labute approximate surface area is 147 Å². The highest BCUT2D eigenvalue weighted by Crippen LogP contribution is 2.18. The molecular weight excluding hydrogens is 348 g/mol. The molecule has 0 unspecified atom stereocenters. The average molecular weight is 361 g/mol. The van der Waals surface area contributed by atoms with Crippen molar-refractivity contribution in [3.63, 3.8) is 0 Å². The average Bonchev–Trinajstić information content (AvgIpc) is 3.14. The first kappa shape index (κ1) is 16.7. The number of hydrogen-bond donors (Lipinski definition) is 1. The molecule has 1 aromatic carbocycles. The van der Waals surface area contributed by atoms with Gasteiger partial charge in [0.2, 0.25) is 5.69 Å². The van der Waals surface area contributed by atoms with E-state index in [1.807, 2.05) is 18.2 Å². The molecule has 0 spiro atoms. The summed E-state index contributed by atoms with van der Waals surface area (Å²) in [4.78, 5) is 22.5. The summed E-state index contributed by atoms with van der Waals surface area (Å²) in [5.74, 6) is -0.424. The van der Waals surface area contributed by atoms with Crippen LogP contribution in [-0.4, -0.2) is 30.4 Å². The van der Waals surface area contributed by atoms with Crippen LogP contribution in [0.1, 0.15) is 16.1 Å². The van der Waals surface area contributed by atoms with E-state index >= 15 is 0 Å². The second kappa shape index (κ2) is 6.73. The molecule has 2 aromatic heterocycles. The van der Waals surface area contributed by atoms with Gasteiger partial charge in [-0.3, -0.25) is 24.3 Å². The molecule has 0 atom stereocenters. The minimum Gasteiger partial charge on any atom is -0.303 e. The van der Waals surface area contributed by atoms with Gasteiger partial charge >= 0.3 is 5.69 Å². The van der Waals surface area contributed by atoms with Crippen molar-refractivity contribution < 1.29 is 9.72 Å². The third kappa shape index (κ3) is 3.83. The number of nitro groups is 1. The number of hydrogen-bond acceptors (Lipinski definition) is 5. The smallest absolute Gasteiger partial charge is 0.303 e. The van der Waals surface area contributed by atoms with E-state index in [1.165, 1.54) is 17.9 Å². The SMILES string of the molecule is Cn1cc([N+](=O)[O-])c(C(=O)Nc2ccn(Cc3cccc(Cl)c3)n2)n1. The molecule has 0 aliphatic carbocycles. The van der Waals surface area contributed by atoms with Gasteiger partial charge in [0.1, 0.15) is 6.20 Å². The molecule has 0 fully saturated rings. The fraction of sp³-hybridized carbons (Fsp3) is 0.133. The highest BCUT2D eigenvalue weighted by atomic mass is 35.5. The van der Waals surface area contributed by atoms with Crippen LogP contribution >= 0.6 is 11.6 Å². The van der Waals surface area contributed by atoms with E-state index in [-0.39, 0.29) is 17.2 Å². The summed E-state index contributed by atoms with van der Waals surface area (Å²) < 4.78 is 2.83.